The molecule has 1 aliphatic heterocycles. The maximum Gasteiger partial charge on any atom is 0.294 e. The molecule has 0 aromatic heterocycles. The van der Waals surface area contributed by atoms with E-state index in [0.29, 0.717) is 27.8 Å². The van der Waals surface area contributed by atoms with Gasteiger partial charge in [-0.2, -0.15) is 16.8 Å². The maximum absolute atomic E-state index is 13.5. The molecular weight excluding hydrogens is 512 g/mol. The van der Waals surface area contributed by atoms with Crippen molar-refractivity contribution in [1.82, 2.24) is 0 Å². The highest BCUT2D eigenvalue weighted by atomic mass is 32.2. The number of allylic oxidation sites excluding steroid dienone is 3. The highest BCUT2D eigenvalue weighted by molar-refractivity contribution is 7.93. The molecule has 1 atom stereocenters. The molecule has 0 saturated heterocycles. The van der Waals surface area contributed by atoms with E-state index < -0.39 is 35.3 Å². The second kappa shape index (κ2) is 7.97. The van der Waals surface area contributed by atoms with Crippen LogP contribution in [-0.4, -0.2) is 39.6 Å². The van der Waals surface area contributed by atoms with E-state index in [1.807, 2.05) is 0 Å². The molecule has 11 heteroatoms. The molecule has 0 spiro atoms. The lowest BCUT2D eigenvalue weighted by Gasteiger charge is -2.19. The lowest BCUT2D eigenvalue weighted by molar-refractivity contribution is 0.481. The molecule has 5 rings (SSSR count). The number of benzene rings is 3. The quantitative estimate of drug-likeness (QED) is 0.484. The van der Waals surface area contributed by atoms with Crippen molar-refractivity contribution in [3.63, 3.8) is 0 Å². The van der Waals surface area contributed by atoms with E-state index in [-0.39, 0.29) is 21.1 Å². The van der Waals surface area contributed by atoms with Crippen LogP contribution >= 0.6 is 0 Å². The monoisotopic (exact) mass is 530 g/mol. The molecule has 35 heavy (non-hydrogen) atoms. The lowest BCUT2D eigenvalue weighted by atomic mass is 9.89. The zero-order valence-corrected chi connectivity index (χ0v) is 20.3. The summed E-state index contributed by atoms with van der Waals surface area (Å²) in [5.41, 5.74) is 3.83. The first-order chi connectivity index (χ1) is 16.4. The van der Waals surface area contributed by atoms with Crippen molar-refractivity contribution >= 4 is 41.2 Å². The van der Waals surface area contributed by atoms with Crippen molar-refractivity contribution in [3.05, 3.63) is 90.0 Å². The molecule has 0 saturated carbocycles. The second-order valence-electron chi connectivity index (χ2n) is 8.26. The largest absolute Gasteiger partial charge is 0.294 e. The van der Waals surface area contributed by atoms with Gasteiger partial charge in [-0.1, -0.05) is 48.6 Å². The molecule has 0 fully saturated rings. The molecule has 3 aromatic carbocycles. The Labute approximate surface area is 202 Å². The summed E-state index contributed by atoms with van der Waals surface area (Å²) >= 11 is 0. The average Bonchev–Trinajstić information content (AvgIpc) is 3.04. The van der Waals surface area contributed by atoms with Gasteiger partial charge < -0.3 is 0 Å². The molecule has 0 radical (unpaired) electrons. The molecule has 3 aromatic rings. The minimum absolute atomic E-state index is 0.182. The number of sulfone groups is 1. The highest BCUT2D eigenvalue weighted by Gasteiger charge is 2.42. The molecular formula is C24H18O8S3. The first kappa shape index (κ1) is 23.6. The Morgan fingerprint density at radius 1 is 0.686 bits per heavy atom. The standard InChI is InChI=1S/C24H18O8S3/c25-33(26)23-13-17(15-1-7-19(8-2-15)34(27,28)29)5-11-21(23)22-12-6-18(14-24(22)33)16-3-9-20(10-4-16)35(30,31)32/h1-13,24H,14H2,(H,27,28,29)(H,30,31,32). The lowest BCUT2D eigenvalue weighted by Crippen LogP contribution is -2.18. The predicted octanol–water partition coefficient (Wildman–Crippen LogP) is 3.87. The van der Waals surface area contributed by atoms with Crippen LogP contribution in [0.2, 0.25) is 0 Å². The van der Waals surface area contributed by atoms with E-state index in [2.05, 4.69) is 0 Å². The van der Waals surface area contributed by atoms with E-state index in [4.69, 9.17) is 9.11 Å². The van der Waals surface area contributed by atoms with Gasteiger partial charge in [-0.3, -0.25) is 9.11 Å². The molecule has 0 bridgehead atoms. The maximum atomic E-state index is 13.5. The average molecular weight is 531 g/mol. The Bertz CT molecular complexity index is 1750. The SMILES string of the molecule is O=S(=O)(O)c1ccc(C2=CC=C3c4ccc(-c5ccc(S(=O)(=O)O)cc5)cc4S(=O)(=O)C3C2)cc1. The zero-order valence-electron chi connectivity index (χ0n) is 17.9. The molecule has 1 unspecified atom stereocenters. The fraction of sp³-hybridized carbons (Fsp3) is 0.0833. The molecule has 2 aliphatic rings. The van der Waals surface area contributed by atoms with Gasteiger partial charge >= 0.3 is 0 Å². The number of fused-ring (bicyclic) bond motifs is 3. The van der Waals surface area contributed by atoms with Gasteiger partial charge in [0, 0.05) is 0 Å². The van der Waals surface area contributed by atoms with E-state index in [1.165, 1.54) is 48.5 Å². The van der Waals surface area contributed by atoms with Gasteiger partial charge in [0.1, 0.15) is 0 Å². The number of hydrogen-bond acceptors (Lipinski definition) is 6. The number of rotatable bonds is 4. The molecule has 2 N–H and O–H groups in total. The summed E-state index contributed by atoms with van der Waals surface area (Å²) in [4.78, 5) is -0.317. The van der Waals surface area contributed by atoms with Crippen LogP contribution in [0.4, 0.5) is 0 Å². The van der Waals surface area contributed by atoms with Gasteiger partial charge in [0.05, 0.1) is 19.9 Å². The Morgan fingerprint density at radius 2 is 1.20 bits per heavy atom. The van der Waals surface area contributed by atoms with E-state index in [9.17, 15) is 25.3 Å². The third kappa shape index (κ3) is 4.15. The van der Waals surface area contributed by atoms with Crippen LogP contribution in [0.15, 0.2) is 93.6 Å². The Balaban J connectivity index is 1.50. The fourth-order valence-electron chi connectivity index (χ4n) is 4.42. The summed E-state index contributed by atoms with van der Waals surface area (Å²) in [5.74, 6) is 0. The molecule has 8 nitrogen and oxygen atoms in total. The van der Waals surface area contributed by atoms with Crippen LogP contribution in [0.3, 0.4) is 0 Å². The van der Waals surface area contributed by atoms with Crippen LogP contribution in [0.5, 0.6) is 0 Å². The third-order valence-electron chi connectivity index (χ3n) is 6.20. The Hall–Kier alpha value is -3.09. The summed E-state index contributed by atoms with van der Waals surface area (Å²) in [6.45, 7) is 0. The summed E-state index contributed by atoms with van der Waals surface area (Å²) in [6, 6.07) is 16.1. The van der Waals surface area contributed by atoms with Crippen molar-refractivity contribution in [2.75, 3.05) is 0 Å². The van der Waals surface area contributed by atoms with Crippen molar-refractivity contribution in [3.8, 4) is 11.1 Å². The summed E-state index contributed by atoms with van der Waals surface area (Å²) < 4.78 is 90.4. The van der Waals surface area contributed by atoms with Gasteiger partial charge in [0.2, 0.25) is 0 Å². The minimum Gasteiger partial charge on any atom is -0.282 e. The third-order valence-corrected chi connectivity index (χ3v) is 10.1. The van der Waals surface area contributed by atoms with Gasteiger partial charge in [0.25, 0.3) is 20.2 Å². The highest BCUT2D eigenvalue weighted by Crippen LogP contribution is 2.47. The molecule has 0 amide bonds. The first-order valence-corrected chi connectivity index (χ1v) is 14.7. The van der Waals surface area contributed by atoms with E-state index in [1.54, 1.807) is 30.4 Å². The minimum atomic E-state index is -4.33. The van der Waals surface area contributed by atoms with E-state index in [0.717, 1.165) is 5.57 Å². The Morgan fingerprint density at radius 3 is 1.74 bits per heavy atom. The molecule has 1 aliphatic carbocycles. The Kier molecular flexibility index (Phi) is 5.38. The summed E-state index contributed by atoms with van der Waals surface area (Å²) in [5, 5.41) is -0.795. The fourth-order valence-corrected chi connectivity index (χ4v) is 7.41. The van der Waals surface area contributed by atoms with E-state index >= 15 is 0 Å². The molecule has 180 valence electrons. The van der Waals surface area contributed by atoms with Crippen molar-refractivity contribution in [1.29, 1.82) is 0 Å². The normalized spacial score (nSPS) is 18.9. The van der Waals surface area contributed by atoms with Gasteiger partial charge in [-0.25, -0.2) is 8.42 Å². The van der Waals surface area contributed by atoms with Gasteiger partial charge in [-0.05, 0) is 70.2 Å². The summed E-state index contributed by atoms with van der Waals surface area (Å²) in [7, 11) is -12.4. The smallest absolute Gasteiger partial charge is 0.282 e. The predicted molar refractivity (Wildman–Crippen MR) is 129 cm³/mol. The van der Waals surface area contributed by atoms with Crippen molar-refractivity contribution in [2.45, 2.75) is 26.4 Å². The van der Waals surface area contributed by atoms with Gasteiger partial charge in [0.15, 0.2) is 9.84 Å². The molecule has 1 heterocycles. The van der Waals surface area contributed by atoms with Crippen LogP contribution in [0, 0.1) is 0 Å². The van der Waals surface area contributed by atoms with Crippen LogP contribution in [0.25, 0.3) is 22.3 Å². The number of hydrogen-bond donors (Lipinski definition) is 2. The van der Waals surface area contributed by atoms with Crippen molar-refractivity contribution in [2.24, 2.45) is 0 Å². The summed E-state index contributed by atoms with van der Waals surface area (Å²) in [6.07, 6.45) is 3.76. The topological polar surface area (TPSA) is 143 Å². The second-order valence-corrected chi connectivity index (χ2v) is 13.2. The van der Waals surface area contributed by atoms with Crippen LogP contribution < -0.4 is 0 Å². The van der Waals surface area contributed by atoms with Gasteiger partial charge in [-0.15, -0.1) is 0 Å². The van der Waals surface area contributed by atoms with Crippen LogP contribution in [0.1, 0.15) is 17.5 Å². The van der Waals surface area contributed by atoms with Crippen molar-refractivity contribution < 1.29 is 34.4 Å². The first-order valence-electron chi connectivity index (χ1n) is 10.3. The zero-order chi connectivity index (χ0) is 25.2. The van der Waals surface area contributed by atoms with Crippen LogP contribution in [-0.2, 0) is 30.1 Å².